The number of pyridine rings is 2. The van der Waals surface area contributed by atoms with Crippen LogP contribution in [0, 0.1) is 25.2 Å². The monoisotopic (exact) mass is 1190 g/mol. The van der Waals surface area contributed by atoms with Crippen molar-refractivity contribution in [1.29, 1.82) is 5.41 Å². The third kappa shape index (κ3) is 9.54. The van der Waals surface area contributed by atoms with Gasteiger partial charge in [-0.25, -0.2) is 0 Å². The number of rotatable bonds is 3. The van der Waals surface area contributed by atoms with Crippen molar-refractivity contribution >= 4 is 123 Å². The average Bonchev–Trinajstić information content (AvgIpc) is 3.44. The summed E-state index contributed by atoms with van der Waals surface area (Å²) < 4.78 is 9.01. The van der Waals surface area contributed by atoms with Crippen LogP contribution in [0.15, 0.2) is 50.5 Å². The van der Waals surface area contributed by atoms with Crippen molar-refractivity contribution in [2.75, 3.05) is 0 Å². The average molecular weight is 1190 g/mol. The summed E-state index contributed by atoms with van der Waals surface area (Å²) in [5, 5.41) is 25.1. The number of nitrogens with one attached hydrogen (secondary N) is 1. The Morgan fingerprint density at radius 3 is 1.88 bits per heavy atom. The number of hydrogen-bond acceptors (Lipinski definition) is 6. The van der Waals surface area contributed by atoms with Crippen molar-refractivity contribution in [3.63, 3.8) is 0 Å². The molecule has 5 aromatic rings. The fourth-order valence-corrected chi connectivity index (χ4v) is 7.26. The Labute approximate surface area is 386 Å². The molecule has 2 aliphatic rings. The fourth-order valence-electron chi connectivity index (χ4n) is 6.75. The van der Waals surface area contributed by atoms with E-state index in [2.05, 4.69) is 55.2 Å². The van der Waals surface area contributed by atoms with Crippen LogP contribution in [0.3, 0.4) is 0 Å². The van der Waals surface area contributed by atoms with Gasteiger partial charge in [-0.15, -0.1) is 24.0 Å². The number of hydrogen-bond donors (Lipinski definition) is 2. The van der Waals surface area contributed by atoms with Gasteiger partial charge in [0.15, 0.2) is 5.58 Å². The van der Waals surface area contributed by atoms with Crippen molar-refractivity contribution in [3.05, 3.63) is 91.3 Å². The quantitative estimate of drug-likeness (QED) is 0.106. The molecular weight excluding hydrogens is 1160 g/mol. The minimum absolute atomic E-state index is 0. The van der Waals surface area contributed by atoms with E-state index in [0.717, 1.165) is 62.3 Å². The van der Waals surface area contributed by atoms with E-state index in [0.29, 0.717) is 37.6 Å². The largest absolute Gasteiger partial charge is 0.506 e. The Bertz CT molecular complexity index is 2040. The first-order chi connectivity index (χ1) is 22.2. The molecule has 2 atom stereocenters. The van der Waals surface area contributed by atoms with Gasteiger partial charge in [-0.1, -0.05) is 53.3 Å². The predicted molar refractivity (Wildman–Crippen MR) is 220 cm³/mol. The predicted octanol–water partition coefficient (Wildman–Crippen LogP) is 10.9. The van der Waals surface area contributed by atoms with Gasteiger partial charge >= 0.3 is 0 Å². The summed E-state index contributed by atoms with van der Waals surface area (Å²) >= 11 is 16.9. The van der Waals surface area contributed by atoms with Crippen molar-refractivity contribution in [3.8, 4) is 5.75 Å². The minimum atomic E-state index is -0.305. The zero-order chi connectivity index (χ0) is 33.1. The third-order valence-corrected chi connectivity index (χ3v) is 9.43. The summed E-state index contributed by atoms with van der Waals surface area (Å²) in [4.78, 5) is 25.9. The number of aryl methyl sites for hydroxylation is 1. The van der Waals surface area contributed by atoms with Crippen LogP contribution in [0.25, 0.3) is 32.8 Å². The smallest absolute Gasteiger partial charge is 0.264 e. The molecule has 2 aromatic carbocycles. The van der Waals surface area contributed by atoms with E-state index in [4.69, 9.17) is 33.1 Å². The van der Waals surface area contributed by atoms with Crippen LogP contribution in [0.1, 0.15) is 81.6 Å². The number of nitrogens with zero attached hydrogens (tertiary/aromatic N) is 3. The molecule has 0 spiro atoms. The Kier molecular flexibility index (Phi) is 19.7. The van der Waals surface area contributed by atoms with Gasteiger partial charge < -0.3 is 37.0 Å². The maximum atomic E-state index is 13.0. The minimum Gasteiger partial charge on any atom is -0.506 e. The number of aromatic nitrogens is 3. The van der Waals surface area contributed by atoms with E-state index in [1.54, 1.807) is 29.7 Å². The Hall–Kier alpha value is 0.778. The zero-order valence-corrected chi connectivity index (χ0v) is 40.9. The van der Waals surface area contributed by atoms with Crippen LogP contribution < -0.4 is 11.1 Å². The second-order valence-electron chi connectivity index (χ2n) is 11.7. The van der Waals surface area contributed by atoms with Crippen molar-refractivity contribution in [2.24, 2.45) is 0 Å². The van der Waals surface area contributed by atoms with E-state index in [-0.39, 0.29) is 130 Å². The maximum Gasteiger partial charge on any atom is 0.264 e. The molecule has 2 aliphatic carbocycles. The molecule has 15 heteroatoms. The van der Waals surface area contributed by atoms with E-state index >= 15 is 0 Å². The molecule has 0 aliphatic heterocycles. The molecule has 2 unspecified atom stereocenters. The molecule has 3 aromatic heterocycles. The first-order valence-electron chi connectivity index (χ1n) is 15.2. The second-order valence-corrected chi connectivity index (χ2v) is 12.5. The summed E-state index contributed by atoms with van der Waals surface area (Å²) in [7, 11) is 0. The van der Waals surface area contributed by atoms with Gasteiger partial charge in [0.25, 0.3) is 11.1 Å². The first kappa shape index (κ1) is 45.9. The van der Waals surface area contributed by atoms with Gasteiger partial charge in [0.2, 0.25) is 0 Å². The Balaban J connectivity index is 0.000000306. The van der Waals surface area contributed by atoms with Crippen LogP contribution in [-0.2, 0) is 65.4 Å². The second kappa shape index (κ2) is 21.0. The summed E-state index contributed by atoms with van der Waals surface area (Å²) in [5.41, 5.74) is 2.36. The zero-order valence-electron chi connectivity index (χ0n) is 27.0. The number of halogens is 5. The van der Waals surface area contributed by atoms with E-state index in [9.17, 15) is 14.7 Å². The SMILES string of the molecule is CC(=N)c1c(O)c2c(Cl)cccc2n(C2C[CH-]CCC2)c1=O.Cc1noc2c1c(=O)n(C1C[CH-]CCC1)c1cccc(Cl)c21.I.II.[Y].[Y]. The molecule has 3 heterocycles. The Morgan fingerprint density at radius 2 is 1.39 bits per heavy atom. The molecule has 258 valence electrons. The maximum absolute atomic E-state index is 13.0. The molecular formula is C34H35Cl2I3N4O4Y2-2. The van der Waals surface area contributed by atoms with E-state index < -0.39 is 0 Å². The topological polar surface area (TPSA) is 114 Å². The van der Waals surface area contributed by atoms with Crippen molar-refractivity contribution in [1.82, 2.24) is 14.3 Å². The Morgan fingerprint density at radius 1 is 0.898 bits per heavy atom. The van der Waals surface area contributed by atoms with Gasteiger partial charge in [-0.05, 0) is 51.0 Å². The molecule has 0 saturated heterocycles. The molecule has 2 radical (unpaired) electrons. The van der Waals surface area contributed by atoms with Gasteiger partial charge in [0.1, 0.15) is 16.7 Å². The van der Waals surface area contributed by atoms with Crippen LogP contribution in [-0.4, -0.2) is 25.1 Å². The number of benzene rings is 2. The number of aromatic hydroxyl groups is 1. The van der Waals surface area contributed by atoms with Crippen LogP contribution in [0.5, 0.6) is 5.75 Å². The third-order valence-electron chi connectivity index (χ3n) is 8.81. The first-order valence-corrected chi connectivity index (χ1v) is 22.2. The van der Waals surface area contributed by atoms with Gasteiger partial charge in [0, 0.05) is 120 Å². The van der Waals surface area contributed by atoms with E-state index in [1.165, 1.54) is 6.92 Å². The van der Waals surface area contributed by atoms with Crippen LogP contribution in [0.2, 0.25) is 10.0 Å². The summed E-state index contributed by atoms with van der Waals surface area (Å²) in [6.07, 6.45) is 12.5. The summed E-state index contributed by atoms with van der Waals surface area (Å²) in [5.74, 6) is -0.186. The van der Waals surface area contributed by atoms with Crippen molar-refractivity contribution < 1.29 is 75.0 Å². The van der Waals surface area contributed by atoms with Crippen molar-refractivity contribution in [2.45, 2.75) is 77.3 Å². The van der Waals surface area contributed by atoms with Gasteiger partial charge in [-0.2, -0.15) is 25.7 Å². The summed E-state index contributed by atoms with van der Waals surface area (Å²) in [6, 6.07) is 11.2. The molecule has 2 saturated carbocycles. The van der Waals surface area contributed by atoms with Crippen LogP contribution in [0.4, 0.5) is 0 Å². The molecule has 2 N–H and O–H groups in total. The summed E-state index contributed by atoms with van der Waals surface area (Å²) in [6.45, 7) is 3.31. The fraction of sp³-hybridized carbons (Fsp3) is 0.353. The molecule has 2 fully saturated rings. The van der Waals surface area contributed by atoms with Gasteiger partial charge in [0.05, 0.1) is 37.5 Å². The molecule has 7 rings (SSSR count). The standard InChI is InChI=1S/C17H16ClN2O2.C17H18ClN2O2.I2.HI.2Y/c1-10-14-16(22-19-10)15-12(18)8-5-9-13(15)20(17(14)21)11-6-3-2-4-7-11;1-10(19)14-16(21)15-12(18)8-5-9-13(15)20(17(14)22)11-6-3-2-4-7-11;1-2;;;/h3,5,8-9,11H,2,4,6-7H2,1H3;3,5,8-9,11,19,21H,2,4,6-7H2,1H3;;1H;;/q2*-1;;;;. The van der Waals surface area contributed by atoms with E-state index in [1.807, 2.05) is 22.8 Å². The normalized spacial score (nSPS) is 17.0. The van der Waals surface area contributed by atoms with Gasteiger partial charge in [-0.3, -0.25) is 9.59 Å². The molecule has 0 amide bonds. The number of fused-ring (bicyclic) bond motifs is 4. The van der Waals surface area contributed by atoms with Crippen LogP contribution >= 0.6 is 84.4 Å². The molecule has 0 bridgehead atoms. The molecule has 8 nitrogen and oxygen atoms in total. The molecule has 49 heavy (non-hydrogen) atoms.